The minimum absolute atomic E-state index is 0.00506. The Morgan fingerprint density at radius 3 is 0.892 bits per heavy atom. The third kappa shape index (κ3) is 6.90. The Morgan fingerprint density at radius 2 is 0.494 bits per heavy atom. The number of hydrogen-bond acceptors (Lipinski definition) is 0. The lowest BCUT2D eigenvalue weighted by molar-refractivity contribution is 1.16. The van der Waals surface area contributed by atoms with E-state index in [0.717, 1.165) is 11.4 Å². The Balaban J connectivity index is 0.848. The summed E-state index contributed by atoms with van der Waals surface area (Å²) in [5.74, 6) is 0. The van der Waals surface area contributed by atoms with Gasteiger partial charge in [0.1, 0.15) is 0 Å². The second kappa shape index (κ2) is 18.0. The highest BCUT2D eigenvalue weighted by molar-refractivity contribution is 7.11. The highest BCUT2D eigenvalue weighted by atomic mass is 15.0. The summed E-state index contributed by atoms with van der Waals surface area (Å²) in [6.45, 7) is 11.6. The van der Waals surface area contributed by atoms with Gasteiger partial charge in [-0.1, -0.05) is 212 Å². The molecule has 5 heterocycles. The SMILES string of the molecule is Cc1cc(C)c(B2c3ccccc3B(c3c(C)cc(-n4c5ccccc5c5cc(-n6c7ccccc7c7ccccc76)ccc54)cc3C)c3ccc(-n4c5ccccc5c5cc(-n6c7ccccc7c7ccccc76)ccc54)cc32)c(C)c1. The zero-order valence-corrected chi connectivity index (χ0v) is 47.1. The van der Waals surface area contributed by atoms with E-state index >= 15 is 0 Å². The molecule has 0 atom stereocenters. The molecule has 0 unspecified atom stereocenters. The van der Waals surface area contributed by atoms with Crippen LogP contribution in [-0.4, -0.2) is 31.7 Å². The first-order valence-electron chi connectivity index (χ1n) is 29.2. The fraction of sp³-hybridized carbons (Fsp3) is 0.0649. The lowest BCUT2D eigenvalue weighted by Gasteiger charge is -2.35. The van der Waals surface area contributed by atoms with Crippen molar-refractivity contribution in [1.29, 1.82) is 0 Å². The number of fused-ring (bicyclic) bond motifs is 14. The van der Waals surface area contributed by atoms with Gasteiger partial charge in [0.25, 0.3) is 0 Å². The zero-order chi connectivity index (χ0) is 55.4. The van der Waals surface area contributed by atoms with E-state index in [1.807, 2.05) is 0 Å². The largest absolute Gasteiger partial charge is 0.309 e. The van der Waals surface area contributed by atoms with E-state index in [1.54, 1.807) is 0 Å². The third-order valence-electron chi connectivity index (χ3n) is 18.7. The van der Waals surface area contributed by atoms with Gasteiger partial charge in [-0.15, -0.1) is 0 Å². The van der Waals surface area contributed by atoms with Crippen LogP contribution in [0.5, 0.6) is 0 Å². The molecule has 0 radical (unpaired) electrons. The average Bonchev–Trinajstić information content (AvgIpc) is 2.94. The maximum absolute atomic E-state index is 2.55. The first-order chi connectivity index (χ1) is 40.8. The molecule has 83 heavy (non-hydrogen) atoms. The Labute approximate surface area is 482 Å². The molecule has 6 heteroatoms. The van der Waals surface area contributed by atoms with Crippen LogP contribution in [0.25, 0.3) is 110 Å². The quantitative estimate of drug-likeness (QED) is 0.148. The van der Waals surface area contributed by atoms with Crippen molar-refractivity contribution in [2.75, 3.05) is 0 Å². The van der Waals surface area contributed by atoms with Crippen molar-refractivity contribution in [1.82, 2.24) is 18.3 Å². The molecular formula is C77H56B2N4. The van der Waals surface area contributed by atoms with Crippen LogP contribution in [0, 0.1) is 34.6 Å². The Kier molecular flexibility index (Phi) is 10.3. The van der Waals surface area contributed by atoms with E-state index in [-0.39, 0.29) is 13.4 Å². The molecule has 12 aromatic carbocycles. The van der Waals surface area contributed by atoms with E-state index in [9.17, 15) is 0 Å². The van der Waals surface area contributed by atoms with Crippen molar-refractivity contribution in [2.24, 2.45) is 0 Å². The van der Waals surface area contributed by atoms with Crippen LogP contribution < -0.4 is 32.8 Å². The van der Waals surface area contributed by atoms with Crippen LogP contribution in [-0.2, 0) is 0 Å². The summed E-state index contributed by atoms with van der Waals surface area (Å²) in [4.78, 5) is 0. The second-order valence-corrected chi connectivity index (χ2v) is 23.5. The van der Waals surface area contributed by atoms with Gasteiger partial charge in [-0.25, -0.2) is 0 Å². The maximum atomic E-state index is 2.55. The van der Waals surface area contributed by atoms with Crippen molar-refractivity contribution >= 4 is 133 Å². The summed E-state index contributed by atoms with van der Waals surface area (Å²) >= 11 is 0. The monoisotopic (exact) mass is 1060 g/mol. The van der Waals surface area contributed by atoms with Crippen molar-refractivity contribution in [3.05, 3.63) is 277 Å². The summed E-state index contributed by atoms with van der Waals surface area (Å²) in [6, 6.07) is 93.7. The van der Waals surface area contributed by atoms with Crippen molar-refractivity contribution in [3.63, 3.8) is 0 Å². The van der Waals surface area contributed by atoms with Crippen molar-refractivity contribution in [3.8, 4) is 22.7 Å². The molecule has 4 nitrogen and oxygen atoms in total. The molecule has 0 amide bonds. The molecule has 390 valence electrons. The van der Waals surface area contributed by atoms with Crippen LogP contribution in [0.2, 0.25) is 0 Å². The topological polar surface area (TPSA) is 19.7 Å². The highest BCUT2D eigenvalue weighted by Gasteiger charge is 2.41. The summed E-state index contributed by atoms with van der Waals surface area (Å²) in [5.41, 5.74) is 29.1. The van der Waals surface area contributed by atoms with Crippen LogP contribution >= 0.6 is 0 Å². The minimum atomic E-state index is 0.00506. The van der Waals surface area contributed by atoms with E-state index in [0.29, 0.717) is 0 Å². The number of nitrogens with zero attached hydrogens (tertiary/aromatic N) is 4. The van der Waals surface area contributed by atoms with Gasteiger partial charge in [0.15, 0.2) is 0 Å². The Morgan fingerprint density at radius 1 is 0.217 bits per heavy atom. The molecule has 0 saturated carbocycles. The van der Waals surface area contributed by atoms with Crippen LogP contribution in [0.1, 0.15) is 27.8 Å². The van der Waals surface area contributed by atoms with Gasteiger partial charge >= 0.3 is 0 Å². The van der Waals surface area contributed by atoms with Gasteiger partial charge in [-0.3, -0.25) is 0 Å². The molecule has 17 rings (SSSR count). The molecule has 0 N–H and O–H groups in total. The lowest BCUT2D eigenvalue weighted by atomic mass is 9.20. The molecule has 16 aromatic rings. The fourth-order valence-corrected chi connectivity index (χ4v) is 15.5. The van der Waals surface area contributed by atoms with Crippen LogP contribution in [0.15, 0.2) is 249 Å². The van der Waals surface area contributed by atoms with Gasteiger partial charge < -0.3 is 18.3 Å². The maximum Gasteiger partial charge on any atom is 0.240 e. The second-order valence-electron chi connectivity index (χ2n) is 23.5. The molecule has 0 aliphatic carbocycles. The Bertz CT molecular complexity index is 5280. The van der Waals surface area contributed by atoms with E-state index in [1.165, 1.54) is 159 Å². The molecule has 0 saturated heterocycles. The molecule has 0 spiro atoms. The number of aromatic nitrogens is 4. The predicted molar refractivity (Wildman–Crippen MR) is 356 cm³/mol. The number of rotatable bonds is 6. The van der Waals surface area contributed by atoms with Gasteiger partial charge in [-0.05, 0) is 132 Å². The zero-order valence-electron chi connectivity index (χ0n) is 47.1. The molecular weight excluding hydrogens is 1000 g/mol. The Hall–Kier alpha value is -10.0. The summed E-state index contributed by atoms with van der Waals surface area (Å²) < 4.78 is 9.88. The molecule has 4 aromatic heterocycles. The first kappa shape index (κ1) is 47.7. The van der Waals surface area contributed by atoms with E-state index in [2.05, 4.69) is 302 Å². The molecule has 1 aliphatic heterocycles. The average molecular weight is 1060 g/mol. The summed E-state index contributed by atoms with van der Waals surface area (Å²) in [7, 11) is 0. The van der Waals surface area contributed by atoms with E-state index in [4.69, 9.17) is 0 Å². The standard InChI is InChI=1S/C77H56B2N4/c1-47-40-48(2)76(49(3)41-47)79-65-27-13-12-26-64(65)78(66-37-34-54(46-67(66)79)82-72-32-18-10-24-60(72)62-44-52(35-38-74(62)82)80-68-28-14-6-20-56(68)57-21-7-15-29-69(57)80)77-50(4)42-55(43-51(77)5)83-73-33-19-11-25-61(73)63-45-53(36-39-75(63)83)81-70-30-16-8-22-58(70)59-23-9-17-31-71(59)81/h6-46H,1-5H3. The molecule has 0 bridgehead atoms. The van der Waals surface area contributed by atoms with Gasteiger partial charge in [0.2, 0.25) is 13.4 Å². The number of aryl methyl sites for hydroxylation is 5. The number of benzene rings is 12. The highest BCUT2D eigenvalue weighted by Crippen LogP contribution is 2.39. The number of hydrogen-bond donors (Lipinski definition) is 0. The summed E-state index contributed by atoms with van der Waals surface area (Å²) in [6.07, 6.45) is 0. The fourth-order valence-electron chi connectivity index (χ4n) is 15.5. The van der Waals surface area contributed by atoms with Gasteiger partial charge in [-0.2, -0.15) is 0 Å². The normalized spacial score (nSPS) is 12.6. The van der Waals surface area contributed by atoms with Gasteiger partial charge in [0.05, 0.1) is 44.1 Å². The lowest BCUT2D eigenvalue weighted by Crippen LogP contribution is -2.75. The number of para-hydroxylation sites is 6. The molecule has 0 fully saturated rings. The van der Waals surface area contributed by atoms with Gasteiger partial charge in [0, 0.05) is 65.8 Å². The van der Waals surface area contributed by atoms with Crippen LogP contribution in [0.4, 0.5) is 0 Å². The first-order valence-corrected chi connectivity index (χ1v) is 29.2. The molecule has 1 aliphatic rings. The van der Waals surface area contributed by atoms with Crippen molar-refractivity contribution < 1.29 is 0 Å². The minimum Gasteiger partial charge on any atom is -0.309 e. The van der Waals surface area contributed by atoms with Crippen molar-refractivity contribution in [2.45, 2.75) is 34.6 Å². The third-order valence-corrected chi connectivity index (χ3v) is 18.7. The van der Waals surface area contributed by atoms with E-state index < -0.39 is 0 Å². The smallest absolute Gasteiger partial charge is 0.240 e. The summed E-state index contributed by atoms with van der Waals surface area (Å²) in [5, 5.41) is 10.0. The van der Waals surface area contributed by atoms with Crippen LogP contribution in [0.3, 0.4) is 0 Å². The predicted octanol–water partition coefficient (Wildman–Crippen LogP) is 15.0.